The van der Waals surface area contributed by atoms with Gasteiger partial charge in [-0.15, -0.1) is 0 Å². The highest BCUT2D eigenvalue weighted by molar-refractivity contribution is 6.00. The molecule has 0 unspecified atom stereocenters. The van der Waals surface area contributed by atoms with Crippen LogP contribution in [0.4, 0.5) is 0 Å². The van der Waals surface area contributed by atoms with Crippen LogP contribution in [0.3, 0.4) is 0 Å². The van der Waals surface area contributed by atoms with Crippen molar-refractivity contribution in [3.63, 3.8) is 0 Å². The number of phenols is 3. The van der Waals surface area contributed by atoms with Crippen molar-refractivity contribution in [3.05, 3.63) is 17.7 Å². The van der Waals surface area contributed by atoms with Crippen molar-refractivity contribution in [3.8, 4) is 17.2 Å². The maximum absolute atomic E-state index is 11.8. The fraction of sp³-hybridized carbons (Fsp3) is 0.417. The molecule has 1 aromatic rings. The van der Waals surface area contributed by atoms with Crippen molar-refractivity contribution >= 4 is 5.78 Å². The summed E-state index contributed by atoms with van der Waals surface area (Å²) in [7, 11) is 0. The second-order valence-corrected chi connectivity index (χ2v) is 4.44. The van der Waals surface area contributed by atoms with Gasteiger partial charge in [0.05, 0.1) is 0 Å². The van der Waals surface area contributed by atoms with Crippen LogP contribution in [0.1, 0.15) is 38.6 Å². The van der Waals surface area contributed by atoms with Crippen LogP contribution in [-0.4, -0.2) is 21.1 Å². The van der Waals surface area contributed by atoms with Gasteiger partial charge in [0, 0.05) is 11.0 Å². The van der Waals surface area contributed by atoms with Crippen LogP contribution in [-0.2, 0) is 0 Å². The molecule has 0 aliphatic heterocycles. The number of rotatable bonds is 1. The summed E-state index contributed by atoms with van der Waals surface area (Å²) in [5, 5.41) is 27.6. The zero-order valence-electron chi connectivity index (χ0n) is 8.90. The molecule has 4 nitrogen and oxygen atoms in total. The summed E-state index contributed by atoms with van der Waals surface area (Å²) in [5.74, 6) is -1.82. The molecule has 0 radical (unpaired) electrons. The molecule has 1 aromatic carbocycles. The van der Waals surface area contributed by atoms with Gasteiger partial charge in [0.15, 0.2) is 23.0 Å². The molecule has 90 valence electrons. The topological polar surface area (TPSA) is 77.8 Å². The molecule has 3 N–H and O–H groups in total. The standard InChI is InChI=1S/C11H14O4.CH4/c1-11(2,3)10(15)6-4-7(12)9(14)8(13)5-6;/h4-5,12-14H,1-3H3;1H4. The van der Waals surface area contributed by atoms with Gasteiger partial charge in [-0.1, -0.05) is 28.2 Å². The van der Waals surface area contributed by atoms with E-state index in [0.717, 1.165) is 12.1 Å². The average molecular weight is 226 g/mol. The van der Waals surface area contributed by atoms with Gasteiger partial charge in [0.1, 0.15) is 0 Å². The van der Waals surface area contributed by atoms with Crippen LogP contribution in [0.2, 0.25) is 0 Å². The minimum atomic E-state index is -0.611. The first kappa shape index (κ1) is 14.3. The highest BCUT2D eigenvalue weighted by Crippen LogP contribution is 2.36. The number of carbonyl (C=O) groups is 1. The number of phenolic OH excluding ortho intramolecular Hbond substituents is 3. The summed E-state index contributed by atoms with van der Waals surface area (Å²) in [6, 6.07) is 2.28. The maximum Gasteiger partial charge on any atom is 0.200 e. The maximum atomic E-state index is 11.8. The normalized spacial score (nSPS) is 10.7. The van der Waals surface area contributed by atoms with Crippen LogP contribution >= 0.6 is 0 Å². The molecule has 0 saturated heterocycles. The van der Waals surface area contributed by atoms with E-state index in [1.165, 1.54) is 0 Å². The van der Waals surface area contributed by atoms with Crippen LogP contribution < -0.4 is 0 Å². The van der Waals surface area contributed by atoms with Gasteiger partial charge in [0.25, 0.3) is 0 Å². The Labute approximate surface area is 95.2 Å². The van der Waals surface area contributed by atoms with E-state index in [1.807, 2.05) is 0 Å². The Morgan fingerprint density at radius 1 is 1.06 bits per heavy atom. The first-order valence-corrected chi connectivity index (χ1v) is 4.53. The summed E-state index contributed by atoms with van der Waals surface area (Å²) in [6.07, 6.45) is 0. The molecule has 0 aliphatic carbocycles. The van der Waals surface area contributed by atoms with Gasteiger partial charge in [-0.2, -0.15) is 0 Å². The number of Topliss-reactive ketones (excluding diaryl/α,β-unsaturated/α-hetero) is 1. The van der Waals surface area contributed by atoms with Crippen LogP contribution in [0, 0.1) is 5.41 Å². The van der Waals surface area contributed by atoms with Gasteiger partial charge in [-0.25, -0.2) is 0 Å². The Morgan fingerprint density at radius 3 is 1.75 bits per heavy atom. The third kappa shape index (κ3) is 2.66. The number of carbonyl (C=O) groups excluding carboxylic acids is 1. The molecular formula is C12H18O4. The first-order valence-electron chi connectivity index (χ1n) is 4.53. The summed E-state index contributed by atoms with van der Waals surface area (Å²) in [5.41, 5.74) is -0.425. The van der Waals surface area contributed by atoms with Crippen LogP contribution in [0.15, 0.2) is 12.1 Å². The Kier molecular flexibility index (Phi) is 3.96. The van der Waals surface area contributed by atoms with E-state index >= 15 is 0 Å². The SMILES string of the molecule is C.CC(C)(C)C(=O)c1cc(O)c(O)c(O)c1. The second kappa shape index (κ2) is 4.43. The summed E-state index contributed by atoms with van der Waals surface area (Å²) in [6.45, 7) is 5.20. The quantitative estimate of drug-likeness (QED) is 0.508. The molecule has 4 heteroatoms. The van der Waals surface area contributed by atoms with Crippen molar-refractivity contribution in [2.45, 2.75) is 28.2 Å². The highest BCUT2D eigenvalue weighted by atomic mass is 16.3. The Bertz CT molecular complexity index is 379. The van der Waals surface area contributed by atoms with Gasteiger partial charge < -0.3 is 15.3 Å². The molecule has 0 fully saturated rings. The lowest BCUT2D eigenvalue weighted by molar-refractivity contribution is 0.0857. The predicted octanol–water partition coefficient (Wildman–Crippen LogP) is 2.67. The van der Waals surface area contributed by atoms with E-state index < -0.39 is 22.7 Å². The monoisotopic (exact) mass is 226 g/mol. The van der Waals surface area contributed by atoms with E-state index in [9.17, 15) is 15.0 Å². The lowest BCUT2D eigenvalue weighted by Crippen LogP contribution is -2.19. The van der Waals surface area contributed by atoms with Gasteiger partial charge in [-0.05, 0) is 12.1 Å². The number of benzene rings is 1. The zero-order chi connectivity index (χ0) is 11.8. The lowest BCUT2D eigenvalue weighted by Gasteiger charge is -2.17. The molecule has 1 rings (SSSR count). The molecule has 0 aromatic heterocycles. The van der Waals surface area contributed by atoms with E-state index in [2.05, 4.69) is 0 Å². The molecule has 0 heterocycles. The van der Waals surface area contributed by atoms with Crippen molar-refractivity contribution in [1.82, 2.24) is 0 Å². The predicted molar refractivity (Wildman–Crippen MR) is 62.0 cm³/mol. The van der Waals surface area contributed by atoms with Gasteiger partial charge in [0.2, 0.25) is 0 Å². The molecule has 0 spiro atoms. The third-order valence-electron chi connectivity index (χ3n) is 2.01. The molecular weight excluding hydrogens is 208 g/mol. The molecule has 16 heavy (non-hydrogen) atoms. The smallest absolute Gasteiger partial charge is 0.200 e. The number of hydrogen-bond donors (Lipinski definition) is 3. The largest absolute Gasteiger partial charge is 0.504 e. The highest BCUT2D eigenvalue weighted by Gasteiger charge is 2.24. The van der Waals surface area contributed by atoms with E-state index in [-0.39, 0.29) is 18.8 Å². The minimum Gasteiger partial charge on any atom is -0.504 e. The van der Waals surface area contributed by atoms with Crippen molar-refractivity contribution < 1.29 is 20.1 Å². The summed E-state index contributed by atoms with van der Waals surface area (Å²) >= 11 is 0. The Morgan fingerprint density at radius 2 is 1.44 bits per heavy atom. The molecule has 0 amide bonds. The zero-order valence-corrected chi connectivity index (χ0v) is 8.90. The molecule has 0 atom stereocenters. The van der Waals surface area contributed by atoms with Gasteiger partial charge in [-0.3, -0.25) is 4.79 Å². The number of aromatic hydroxyl groups is 3. The minimum absolute atomic E-state index is 0. The fourth-order valence-corrected chi connectivity index (χ4v) is 1.17. The lowest BCUT2D eigenvalue weighted by atomic mass is 9.86. The van der Waals surface area contributed by atoms with E-state index in [0.29, 0.717) is 0 Å². The Hall–Kier alpha value is -1.71. The average Bonchev–Trinajstić information content (AvgIpc) is 2.10. The van der Waals surface area contributed by atoms with Crippen molar-refractivity contribution in [2.24, 2.45) is 5.41 Å². The molecule has 0 bridgehead atoms. The second-order valence-electron chi connectivity index (χ2n) is 4.44. The third-order valence-corrected chi connectivity index (χ3v) is 2.01. The summed E-state index contributed by atoms with van der Waals surface area (Å²) in [4.78, 5) is 11.8. The van der Waals surface area contributed by atoms with Gasteiger partial charge >= 0.3 is 0 Å². The summed E-state index contributed by atoms with van der Waals surface area (Å²) < 4.78 is 0. The Balaban J connectivity index is 0.00000225. The number of ketones is 1. The first-order chi connectivity index (χ1) is 6.73. The van der Waals surface area contributed by atoms with Crippen molar-refractivity contribution in [1.29, 1.82) is 0 Å². The van der Waals surface area contributed by atoms with Crippen LogP contribution in [0.5, 0.6) is 17.2 Å². The van der Waals surface area contributed by atoms with E-state index in [1.54, 1.807) is 20.8 Å². The van der Waals surface area contributed by atoms with E-state index in [4.69, 9.17) is 5.11 Å². The fourth-order valence-electron chi connectivity index (χ4n) is 1.17. The number of hydrogen-bond acceptors (Lipinski definition) is 4. The van der Waals surface area contributed by atoms with Crippen LogP contribution in [0.25, 0.3) is 0 Å². The molecule has 0 saturated carbocycles. The molecule has 0 aliphatic rings. The van der Waals surface area contributed by atoms with Crippen molar-refractivity contribution in [2.75, 3.05) is 0 Å².